The number of ether oxygens (including phenoxy) is 1. The maximum absolute atomic E-state index is 13.0. The molecule has 1 aromatic heterocycles. The number of anilines is 2. The van der Waals surface area contributed by atoms with Gasteiger partial charge in [-0.3, -0.25) is 4.79 Å². The van der Waals surface area contributed by atoms with Crippen LogP contribution in [0.5, 0.6) is 5.75 Å². The molecule has 4 N–H and O–H groups in total. The number of nitrogens with zero attached hydrogens (tertiary/aromatic N) is 4. The molecule has 178 valence electrons. The largest absolute Gasteiger partial charge is 0.488 e. The lowest BCUT2D eigenvalue weighted by atomic mass is 10.2. The molecular formula is C24H22FN7O2S. The van der Waals surface area contributed by atoms with Gasteiger partial charge in [-0.25, -0.2) is 14.5 Å². The molecule has 9 nitrogen and oxygen atoms in total. The number of nitrogens with two attached hydrogens (primary N) is 1. The molecule has 4 rings (SSSR count). The third-order valence-corrected chi connectivity index (χ3v) is 5.59. The van der Waals surface area contributed by atoms with Crippen molar-refractivity contribution in [2.45, 2.75) is 11.8 Å². The van der Waals surface area contributed by atoms with Crippen LogP contribution in [0.1, 0.15) is 11.1 Å². The highest BCUT2D eigenvalue weighted by Gasteiger charge is 2.12. The van der Waals surface area contributed by atoms with Crippen LogP contribution >= 0.6 is 11.8 Å². The molecule has 35 heavy (non-hydrogen) atoms. The minimum atomic E-state index is -0.375. The summed E-state index contributed by atoms with van der Waals surface area (Å²) in [6.07, 6.45) is 1.60. The molecule has 0 unspecified atom stereocenters. The number of nitrogens with one attached hydrogen (secondary N) is 2. The molecule has 0 saturated heterocycles. The van der Waals surface area contributed by atoms with Crippen molar-refractivity contribution in [2.75, 3.05) is 22.3 Å². The average molecular weight is 492 g/mol. The topological polar surface area (TPSA) is 119 Å². The van der Waals surface area contributed by atoms with Gasteiger partial charge in [0.15, 0.2) is 0 Å². The lowest BCUT2D eigenvalue weighted by Gasteiger charge is -2.09. The number of nitrogen functional groups attached to an aromatic ring is 1. The molecule has 0 spiro atoms. The number of para-hydroxylation sites is 1. The predicted octanol–water partition coefficient (Wildman–Crippen LogP) is 3.89. The lowest BCUT2D eigenvalue weighted by Crippen LogP contribution is -2.16. The molecule has 4 aromatic rings. The number of carbonyl (C=O) groups is 1. The van der Waals surface area contributed by atoms with Gasteiger partial charge in [-0.1, -0.05) is 54.2 Å². The quantitative estimate of drug-likeness (QED) is 0.133. The fourth-order valence-corrected chi connectivity index (χ4v) is 3.58. The number of halogens is 1. The van der Waals surface area contributed by atoms with Crippen molar-refractivity contribution in [3.05, 3.63) is 95.8 Å². The number of carbonyl (C=O) groups excluding carboxylic acids is 1. The van der Waals surface area contributed by atoms with E-state index in [4.69, 9.17) is 10.6 Å². The third-order valence-electron chi connectivity index (χ3n) is 4.65. The van der Waals surface area contributed by atoms with Gasteiger partial charge in [0.25, 0.3) is 5.95 Å². The first-order valence-electron chi connectivity index (χ1n) is 10.5. The lowest BCUT2D eigenvalue weighted by molar-refractivity contribution is -0.113. The number of rotatable bonds is 10. The molecule has 11 heteroatoms. The Labute approximate surface area is 205 Å². The van der Waals surface area contributed by atoms with E-state index in [1.165, 1.54) is 28.9 Å². The highest BCUT2D eigenvalue weighted by molar-refractivity contribution is 7.99. The SMILES string of the molecule is Nn1c(N/N=C/c2ccccc2OCc2ccccc2)nnc1SCC(=O)Nc1ccc(F)cc1. The normalized spacial score (nSPS) is 10.9. The molecule has 1 amide bonds. The van der Waals surface area contributed by atoms with Crippen LogP contribution in [-0.2, 0) is 11.4 Å². The second-order valence-corrected chi connectivity index (χ2v) is 8.14. The molecule has 0 radical (unpaired) electrons. The van der Waals surface area contributed by atoms with E-state index in [1.54, 1.807) is 6.21 Å². The molecule has 0 fully saturated rings. The van der Waals surface area contributed by atoms with Crippen molar-refractivity contribution in [2.24, 2.45) is 5.10 Å². The second-order valence-electron chi connectivity index (χ2n) is 7.20. The van der Waals surface area contributed by atoms with Gasteiger partial charge in [-0.2, -0.15) is 5.10 Å². The van der Waals surface area contributed by atoms with Gasteiger partial charge in [-0.05, 0) is 42.0 Å². The number of aromatic nitrogens is 3. The van der Waals surface area contributed by atoms with Crippen LogP contribution in [0.25, 0.3) is 0 Å². The Hall–Kier alpha value is -4.38. The maximum atomic E-state index is 13.0. The fraction of sp³-hybridized carbons (Fsp3) is 0.0833. The highest BCUT2D eigenvalue weighted by atomic mass is 32.2. The summed E-state index contributed by atoms with van der Waals surface area (Å²) in [6, 6.07) is 22.9. The zero-order valence-corrected chi connectivity index (χ0v) is 19.3. The molecule has 0 aliphatic rings. The summed E-state index contributed by atoms with van der Waals surface area (Å²) >= 11 is 1.10. The molecule has 0 aliphatic carbocycles. The maximum Gasteiger partial charge on any atom is 0.264 e. The summed E-state index contributed by atoms with van der Waals surface area (Å²) in [5, 5.41) is 15.1. The molecule has 0 saturated carbocycles. The van der Waals surface area contributed by atoms with Crippen LogP contribution in [0.3, 0.4) is 0 Å². The fourth-order valence-electron chi connectivity index (χ4n) is 2.93. The number of hydrogen-bond acceptors (Lipinski definition) is 8. The first-order valence-corrected chi connectivity index (χ1v) is 11.5. The first-order chi connectivity index (χ1) is 17.1. The molecule has 1 heterocycles. The van der Waals surface area contributed by atoms with Crippen LogP contribution in [0, 0.1) is 5.82 Å². The first kappa shape index (κ1) is 23.8. The Kier molecular flexibility index (Phi) is 7.92. The third kappa shape index (κ3) is 6.81. The van der Waals surface area contributed by atoms with Crippen molar-refractivity contribution in [1.82, 2.24) is 14.9 Å². The zero-order chi connectivity index (χ0) is 24.5. The number of hydrazone groups is 1. The van der Waals surface area contributed by atoms with Gasteiger partial charge in [0, 0.05) is 11.3 Å². The van der Waals surface area contributed by atoms with E-state index in [0.717, 1.165) is 22.9 Å². The molecule has 0 bridgehead atoms. The van der Waals surface area contributed by atoms with Crippen molar-refractivity contribution < 1.29 is 13.9 Å². The Balaban J connectivity index is 1.30. The van der Waals surface area contributed by atoms with E-state index < -0.39 is 0 Å². The Morgan fingerprint density at radius 3 is 2.60 bits per heavy atom. The number of thioether (sulfide) groups is 1. The molecular weight excluding hydrogens is 469 g/mol. The van der Waals surface area contributed by atoms with Crippen LogP contribution in [0.15, 0.2) is 89.1 Å². The van der Waals surface area contributed by atoms with Gasteiger partial charge in [0.2, 0.25) is 11.1 Å². The summed E-state index contributed by atoms with van der Waals surface area (Å²) in [4.78, 5) is 12.1. The van der Waals surface area contributed by atoms with Gasteiger partial charge < -0.3 is 15.9 Å². The van der Waals surface area contributed by atoms with Gasteiger partial charge in [-0.15, -0.1) is 10.2 Å². The summed E-state index contributed by atoms with van der Waals surface area (Å²) in [7, 11) is 0. The van der Waals surface area contributed by atoms with Crippen molar-refractivity contribution >= 4 is 35.5 Å². The number of hydrogen-bond donors (Lipinski definition) is 3. The van der Waals surface area contributed by atoms with Crippen molar-refractivity contribution in [3.8, 4) is 5.75 Å². The van der Waals surface area contributed by atoms with Crippen molar-refractivity contribution in [1.29, 1.82) is 0 Å². The van der Waals surface area contributed by atoms with Crippen LogP contribution in [0.4, 0.5) is 16.0 Å². The van der Waals surface area contributed by atoms with Crippen LogP contribution < -0.4 is 21.3 Å². The van der Waals surface area contributed by atoms with E-state index in [1.807, 2.05) is 54.6 Å². The predicted molar refractivity (Wildman–Crippen MR) is 134 cm³/mol. The van der Waals surface area contributed by atoms with E-state index in [-0.39, 0.29) is 23.4 Å². The minimum Gasteiger partial charge on any atom is -0.488 e. The number of benzene rings is 3. The standard InChI is InChI=1S/C24H22FN7O2S/c25-19-10-12-20(13-11-19)28-22(33)16-35-24-31-30-23(32(24)26)29-27-14-18-8-4-5-9-21(18)34-15-17-6-2-1-3-7-17/h1-14H,15-16,26H2,(H,28,33)(H,29,30)/b27-14+. The van der Waals surface area contributed by atoms with Crippen molar-refractivity contribution in [3.63, 3.8) is 0 Å². The minimum absolute atomic E-state index is 0.0438. The Morgan fingerprint density at radius 2 is 1.80 bits per heavy atom. The van der Waals surface area contributed by atoms with Crippen LogP contribution in [0.2, 0.25) is 0 Å². The summed E-state index contributed by atoms with van der Waals surface area (Å²) < 4.78 is 20.1. The summed E-state index contributed by atoms with van der Waals surface area (Å²) in [5.41, 5.74) is 5.07. The van der Waals surface area contributed by atoms with Crippen LogP contribution in [-0.4, -0.2) is 32.7 Å². The summed E-state index contributed by atoms with van der Waals surface area (Å²) in [5.74, 6) is 6.28. The molecule has 3 aromatic carbocycles. The van der Waals surface area contributed by atoms with E-state index >= 15 is 0 Å². The molecule has 0 atom stereocenters. The Morgan fingerprint density at radius 1 is 1.06 bits per heavy atom. The monoisotopic (exact) mass is 491 g/mol. The smallest absolute Gasteiger partial charge is 0.264 e. The summed E-state index contributed by atoms with van der Waals surface area (Å²) in [6.45, 7) is 0.436. The van der Waals surface area contributed by atoms with E-state index in [9.17, 15) is 9.18 Å². The number of amides is 1. The van der Waals surface area contributed by atoms with Gasteiger partial charge in [0.1, 0.15) is 18.2 Å². The van der Waals surface area contributed by atoms with E-state index in [2.05, 4.69) is 26.0 Å². The van der Waals surface area contributed by atoms with Gasteiger partial charge in [0.05, 0.1) is 12.0 Å². The molecule has 0 aliphatic heterocycles. The van der Waals surface area contributed by atoms with E-state index in [0.29, 0.717) is 23.2 Å². The average Bonchev–Trinajstić information content (AvgIpc) is 3.23. The highest BCUT2D eigenvalue weighted by Crippen LogP contribution is 2.19. The Bertz CT molecular complexity index is 1300. The van der Waals surface area contributed by atoms with Gasteiger partial charge >= 0.3 is 0 Å². The zero-order valence-electron chi connectivity index (χ0n) is 18.5. The second kappa shape index (κ2) is 11.7.